The van der Waals surface area contributed by atoms with Crippen LogP contribution in [-0.4, -0.2) is 44.7 Å². The van der Waals surface area contributed by atoms with Crippen LogP contribution in [0.1, 0.15) is 57.8 Å². The number of hydrogen-bond donors (Lipinski definition) is 1. The summed E-state index contributed by atoms with van der Waals surface area (Å²) in [6.07, 6.45) is 12.4. The summed E-state index contributed by atoms with van der Waals surface area (Å²) in [6.45, 7) is 5.19. The largest absolute Gasteiger partial charge is 0.316 e. The summed E-state index contributed by atoms with van der Waals surface area (Å²) in [6, 6.07) is 0. The number of rotatable bonds is 9. The molecule has 0 amide bonds. The predicted molar refractivity (Wildman–Crippen MR) is 83.4 cm³/mol. The quantitative estimate of drug-likeness (QED) is 0.653. The minimum absolute atomic E-state index is 0.560. The first-order valence-corrected chi connectivity index (χ1v) is 8.37. The van der Waals surface area contributed by atoms with Gasteiger partial charge in [-0.2, -0.15) is 0 Å². The van der Waals surface area contributed by atoms with Crippen LogP contribution in [0.15, 0.2) is 0 Å². The third-order valence-electron chi connectivity index (χ3n) is 4.27. The minimum atomic E-state index is 0.560. The van der Waals surface area contributed by atoms with Crippen LogP contribution in [-0.2, 0) is 0 Å². The fraction of sp³-hybridized carbons (Fsp3) is 1.00. The molecule has 1 saturated carbocycles. The van der Waals surface area contributed by atoms with Crippen molar-refractivity contribution in [2.45, 2.75) is 57.8 Å². The van der Waals surface area contributed by atoms with Gasteiger partial charge in [0.05, 0.1) is 0 Å². The molecule has 3 heteroatoms. The third-order valence-corrected chi connectivity index (χ3v) is 4.27. The van der Waals surface area contributed by atoms with Crippen LogP contribution in [0.5, 0.6) is 0 Å². The van der Waals surface area contributed by atoms with E-state index in [9.17, 15) is 0 Å². The Morgan fingerprint density at radius 3 is 2.32 bits per heavy atom. The molecular weight excluding hydrogens is 234 g/mol. The Balaban J connectivity index is 1.94. The van der Waals surface area contributed by atoms with E-state index in [4.69, 9.17) is 5.73 Å². The van der Waals surface area contributed by atoms with Crippen molar-refractivity contribution in [2.24, 2.45) is 5.92 Å². The Morgan fingerprint density at radius 1 is 1.00 bits per heavy atom. The molecule has 3 nitrogen and oxygen atoms in total. The van der Waals surface area contributed by atoms with E-state index in [-0.39, 0.29) is 0 Å². The van der Waals surface area contributed by atoms with Gasteiger partial charge in [-0.3, -0.25) is 5.73 Å². The molecule has 0 aromatic carbocycles. The van der Waals surface area contributed by atoms with Crippen molar-refractivity contribution in [3.63, 3.8) is 0 Å². The fourth-order valence-corrected chi connectivity index (χ4v) is 2.99. The van der Waals surface area contributed by atoms with Crippen LogP contribution in [0, 0.1) is 5.92 Å². The van der Waals surface area contributed by atoms with Crippen molar-refractivity contribution >= 4 is 0 Å². The van der Waals surface area contributed by atoms with E-state index in [2.05, 4.69) is 17.3 Å². The first-order valence-electron chi connectivity index (χ1n) is 8.37. The van der Waals surface area contributed by atoms with Crippen LogP contribution in [0.4, 0.5) is 0 Å². The van der Waals surface area contributed by atoms with E-state index >= 15 is 0 Å². The Bertz CT molecular complexity index is 188. The highest BCUT2D eigenvalue weighted by Gasteiger charge is 2.10. The molecule has 1 aliphatic rings. The van der Waals surface area contributed by atoms with Gasteiger partial charge in [-0.1, -0.05) is 32.1 Å². The molecule has 0 aliphatic heterocycles. The second kappa shape index (κ2) is 11.7. The summed E-state index contributed by atoms with van der Waals surface area (Å²) >= 11 is 0. The van der Waals surface area contributed by atoms with Gasteiger partial charge in [-0.15, -0.1) is 0 Å². The van der Waals surface area contributed by atoms with Crippen LogP contribution in [0.25, 0.3) is 0 Å². The smallest absolute Gasteiger partial charge is 0.0112 e. The standard InChI is InChI=1S/C16H34N3/c1-19(13-7-11-17)14-8-12-18-15-16-9-5-3-2-4-6-10-16/h16-18H,2-15H2,1H3. The van der Waals surface area contributed by atoms with Crippen molar-refractivity contribution in [3.05, 3.63) is 0 Å². The first kappa shape index (κ1) is 16.9. The molecule has 0 aromatic heterocycles. The lowest BCUT2D eigenvalue weighted by Gasteiger charge is -2.20. The van der Waals surface area contributed by atoms with Gasteiger partial charge in [-0.05, 0) is 64.8 Å². The minimum Gasteiger partial charge on any atom is -0.316 e. The van der Waals surface area contributed by atoms with Gasteiger partial charge in [0, 0.05) is 6.54 Å². The van der Waals surface area contributed by atoms with Gasteiger partial charge >= 0.3 is 0 Å². The molecule has 0 aromatic rings. The van der Waals surface area contributed by atoms with Gasteiger partial charge < -0.3 is 10.2 Å². The van der Waals surface area contributed by atoms with Crippen molar-refractivity contribution in [3.8, 4) is 0 Å². The second-order valence-corrected chi connectivity index (χ2v) is 6.18. The van der Waals surface area contributed by atoms with Crippen molar-refractivity contribution in [1.82, 2.24) is 16.0 Å². The molecule has 2 N–H and O–H groups in total. The van der Waals surface area contributed by atoms with Crippen LogP contribution < -0.4 is 11.1 Å². The lowest BCUT2D eigenvalue weighted by Crippen LogP contribution is -2.28. The summed E-state index contributed by atoms with van der Waals surface area (Å²) in [5.41, 5.74) is 7.15. The molecule has 1 aliphatic carbocycles. The number of hydrogen-bond acceptors (Lipinski definition) is 2. The maximum atomic E-state index is 7.15. The molecule has 1 rings (SSSR count). The number of nitrogens with zero attached hydrogens (tertiary/aromatic N) is 1. The monoisotopic (exact) mass is 268 g/mol. The lowest BCUT2D eigenvalue weighted by atomic mass is 9.91. The molecule has 113 valence electrons. The predicted octanol–water partition coefficient (Wildman–Crippen LogP) is 2.93. The molecule has 0 atom stereocenters. The summed E-state index contributed by atoms with van der Waals surface area (Å²) in [4.78, 5) is 2.35. The lowest BCUT2D eigenvalue weighted by molar-refractivity contribution is 0.316. The number of nitrogens with one attached hydrogen (secondary N) is 2. The van der Waals surface area contributed by atoms with E-state index in [0.29, 0.717) is 6.54 Å². The van der Waals surface area contributed by atoms with Crippen molar-refractivity contribution in [1.29, 1.82) is 0 Å². The van der Waals surface area contributed by atoms with Crippen molar-refractivity contribution < 1.29 is 0 Å². The zero-order valence-corrected chi connectivity index (χ0v) is 12.9. The van der Waals surface area contributed by atoms with E-state index in [1.165, 1.54) is 57.9 Å². The van der Waals surface area contributed by atoms with E-state index in [1.807, 2.05) is 0 Å². The average Bonchev–Trinajstić information content (AvgIpc) is 2.38. The molecule has 0 spiro atoms. The van der Waals surface area contributed by atoms with Gasteiger partial charge in [0.1, 0.15) is 0 Å². The maximum absolute atomic E-state index is 7.15. The molecule has 0 saturated heterocycles. The summed E-state index contributed by atoms with van der Waals surface area (Å²) < 4.78 is 0. The SMILES string of the molecule is CN(CCC[NH])CCCNCC1CCCCCCC1. The molecule has 0 bridgehead atoms. The molecule has 0 heterocycles. The van der Waals surface area contributed by atoms with Gasteiger partial charge in [0.2, 0.25) is 0 Å². The van der Waals surface area contributed by atoms with Crippen LogP contribution in [0.2, 0.25) is 0 Å². The van der Waals surface area contributed by atoms with Gasteiger partial charge in [0.15, 0.2) is 0 Å². The van der Waals surface area contributed by atoms with Crippen LogP contribution in [0.3, 0.4) is 0 Å². The average molecular weight is 268 g/mol. The third kappa shape index (κ3) is 9.42. The van der Waals surface area contributed by atoms with E-state index in [1.54, 1.807) is 0 Å². The Kier molecular flexibility index (Phi) is 10.4. The maximum Gasteiger partial charge on any atom is 0.0112 e. The highest BCUT2D eigenvalue weighted by molar-refractivity contribution is 4.66. The van der Waals surface area contributed by atoms with Gasteiger partial charge in [-0.25, -0.2) is 0 Å². The molecule has 1 fully saturated rings. The van der Waals surface area contributed by atoms with E-state index < -0.39 is 0 Å². The molecular formula is C16H34N3. The summed E-state index contributed by atoms with van der Waals surface area (Å²) in [5.74, 6) is 0.932. The van der Waals surface area contributed by atoms with E-state index in [0.717, 1.165) is 32.0 Å². The second-order valence-electron chi connectivity index (χ2n) is 6.18. The Hall–Kier alpha value is -0.120. The Morgan fingerprint density at radius 2 is 1.63 bits per heavy atom. The highest BCUT2D eigenvalue weighted by Crippen LogP contribution is 2.21. The van der Waals surface area contributed by atoms with Gasteiger partial charge in [0.25, 0.3) is 0 Å². The zero-order chi connectivity index (χ0) is 13.8. The molecule has 1 radical (unpaired) electrons. The molecule has 19 heavy (non-hydrogen) atoms. The first-order chi connectivity index (χ1) is 9.33. The highest BCUT2D eigenvalue weighted by atomic mass is 15.1. The molecule has 0 unspecified atom stereocenters. The topological polar surface area (TPSA) is 39.1 Å². The van der Waals surface area contributed by atoms with Crippen molar-refractivity contribution in [2.75, 3.05) is 39.8 Å². The zero-order valence-electron chi connectivity index (χ0n) is 12.9. The van der Waals surface area contributed by atoms with Crippen LogP contribution >= 0.6 is 0 Å². The normalized spacial score (nSPS) is 18.5. The Labute approximate surface area is 120 Å². The summed E-state index contributed by atoms with van der Waals surface area (Å²) in [5, 5.41) is 3.65. The fourth-order valence-electron chi connectivity index (χ4n) is 2.99. The summed E-state index contributed by atoms with van der Waals surface area (Å²) in [7, 11) is 2.17.